The number of fused-ring (bicyclic) bond motifs is 6. The van der Waals surface area contributed by atoms with Crippen molar-refractivity contribution in [2.75, 3.05) is 65.4 Å². The molecular weight excluding hydrogens is 860 g/mol. The average molecular weight is 917 g/mol. The molecule has 0 radical (unpaired) electrons. The molecule has 2 amide bonds. The number of likely N-dealkylation sites (tertiary alicyclic amines) is 2. The summed E-state index contributed by atoms with van der Waals surface area (Å²) in [6.07, 6.45) is 0.505. The second kappa shape index (κ2) is 19.8. The number of carboxylic acid groups (broad SMARTS) is 2. The Bertz CT molecular complexity index is 1970. The summed E-state index contributed by atoms with van der Waals surface area (Å²) in [5.41, 5.74) is 21.7. The molecule has 2 saturated heterocycles. The van der Waals surface area contributed by atoms with E-state index in [1.54, 1.807) is 38.1 Å². The van der Waals surface area contributed by atoms with Crippen molar-refractivity contribution in [3.05, 3.63) is 46.5 Å². The zero-order valence-corrected chi connectivity index (χ0v) is 40.6. The molecule has 4 aliphatic heterocycles. The van der Waals surface area contributed by atoms with Crippen molar-refractivity contribution in [3.8, 4) is 23.0 Å². The van der Waals surface area contributed by atoms with E-state index in [-0.39, 0.29) is 129 Å². The number of aromatic carboxylic acids is 2. The molecule has 22 nitrogen and oxygen atoms in total. The maximum Gasteiger partial charge on any atom is 1.00 e. The minimum Gasteiger partial charge on any atom is -0.669 e. The zero-order valence-electron chi connectivity index (χ0n) is 36.6. The molecule has 2 aromatic carbocycles. The number of amides is 2. The number of nitrogens with zero attached hydrogens (tertiary/aromatic N) is 2. The second-order valence-electron chi connectivity index (χ2n) is 17.9. The summed E-state index contributed by atoms with van der Waals surface area (Å²) >= 11 is 0. The number of nitrogens with one attached hydrogen (secondary N) is 2. The van der Waals surface area contributed by atoms with Gasteiger partial charge < -0.3 is 82.7 Å². The number of carbonyl (C=O) groups is 4. The number of nitrogens with two attached hydrogens (primary N) is 4. The van der Waals surface area contributed by atoms with Crippen LogP contribution in [0.4, 0.5) is 0 Å². The van der Waals surface area contributed by atoms with Gasteiger partial charge in [0, 0.05) is 65.4 Å². The average Bonchev–Trinajstić information content (AvgIpc) is 4.08. The van der Waals surface area contributed by atoms with Gasteiger partial charge in [-0.05, 0) is 48.9 Å². The first-order valence-corrected chi connectivity index (χ1v) is 20.8. The standard InChI is InChI=1S/2C19H28BN4O7.2Na/c2*1-19(22,18(27)23-5-4-21)9-24-7-10(8-24)30-14-3-2-11-12-6-13(12)20(28,29)31-16(11)15(14)17(25)26;;/h2*2-3,10,12-13,28-29H,4-9,21-22H2,1H3,(H,23,27)(H,25,26);;/q2*-1;2*+1/t2*12-,13-,19-;;/m11../s1. The van der Waals surface area contributed by atoms with E-state index in [0.29, 0.717) is 89.4 Å². The number of carbonyl (C=O) groups excluding carboxylic acids is 2. The Kier molecular flexibility index (Phi) is 16.2. The normalized spacial score (nSPS) is 25.0. The van der Waals surface area contributed by atoms with Gasteiger partial charge in [-0.2, -0.15) is 0 Å². The van der Waals surface area contributed by atoms with E-state index in [1.807, 2.05) is 9.80 Å². The summed E-state index contributed by atoms with van der Waals surface area (Å²) in [7, 11) is 0. The van der Waals surface area contributed by atoms with Crippen molar-refractivity contribution in [2.45, 2.75) is 73.4 Å². The Hall–Kier alpha value is -2.75. The van der Waals surface area contributed by atoms with Gasteiger partial charge in [0.2, 0.25) is 11.8 Å². The van der Waals surface area contributed by atoms with Crippen molar-refractivity contribution >= 4 is 37.3 Å². The second-order valence-corrected chi connectivity index (χ2v) is 17.9. The number of ether oxygens (including phenoxy) is 2. The van der Waals surface area contributed by atoms with Gasteiger partial charge in [0.05, 0.1) is 11.5 Å². The SMILES string of the molecule is C[C@@](N)(CN1CC(Oc2ccc3c(c2C(=O)O)O[B-](O)(O)[C@@H]2C[C@H]32)C1)C(=O)NCCN.C[C@@](N)(CN1CC(Oc2ccc3c(c2C(=O)O)O[B-](O)(O)[C@@H]2C[C@H]32)C1)C(=O)NCCN.[Na+].[Na+]. The van der Waals surface area contributed by atoms with Crippen LogP contribution in [-0.2, 0) is 9.59 Å². The third-order valence-electron chi connectivity index (χ3n) is 12.3. The Labute approximate surface area is 413 Å². The van der Waals surface area contributed by atoms with Gasteiger partial charge in [0.1, 0.15) is 45.9 Å². The predicted octanol–water partition coefficient (Wildman–Crippen LogP) is -9.17. The molecule has 2 saturated carbocycles. The minimum atomic E-state index is -3.09. The van der Waals surface area contributed by atoms with Crippen LogP contribution >= 0.6 is 0 Å². The smallest absolute Gasteiger partial charge is 0.669 e. The molecule has 6 aliphatic rings. The predicted molar refractivity (Wildman–Crippen MR) is 222 cm³/mol. The van der Waals surface area contributed by atoms with Crippen LogP contribution in [0.25, 0.3) is 0 Å². The summed E-state index contributed by atoms with van der Waals surface area (Å²) in [5.74, 6) is -3.97. The van der Waals surface area contributed by atoms with Crippen molar-refractivity contribution in [1.82, 2.24) is 20.4 Å². The van der Waals surface area contributed by atoms with Gasteiger partial charge in [-0.15, -0.1) is 0 Å². The molecule has 0 aromatic heterocycles. The van der Waals surface area contributed by atoms with Crippen LogP contribution in [0.3, 0.4) is 0 Å². The summed E-state index contributed by atoms with van der Waals surface area (Å²) in [6, 6.07) is 6.63. The Morgan fingerprint density at radius 2 is 1.03 bits per heavy atom. The van der Waals surface area contributed by atoms with Gasteiger partial charge in [-0.3, -0.25) is 19.4 Å². The Morgan fingerprint density at radius 1 is 0.688 bits per heavy atom. The van der Waals surface area contributed by atoms with Gasteiger partial charge >= 0.3 is 84.6 Å². The maximum absolute atomic E-state index is 12.1. The molecule has 4 fully saturated rings. The van der Waals surface area contributed by atoms with E-state index in [0.717, 1.165) is 0 Å². The van der Waals surface area contributed by atoms with Crippen LogP contribution in [-0.4, -0.2) is 166 Å². The zero-order chi connectivity index (χ0) is 45.1. The summed E-state index contributed by atoms with van der Waals surface area (Å²) in [5, 5.41) is 65.3. The first-order chi connectivity index (χ1) is 29.1. The van der Waals surface area contributed by atoms with Crippen LogP contribution in [0.5, 0.6) is 23.0 Å². The summed E-state index contributed by atoms with van der Waals surface area (Å²) in [6.45, 7) is 0.931. The van der Waals surface area contributed by atoms with Gasteiger partial charge in [0.15, 0.2) is 0 Å². The van der Waals surface area contributed by atoms with Gasteiger partial charge in [-0.1, -0.05) is 36.6 Å². The molecule has 2 aliphatic carbocycles. The number of rotatable bonds is 16. The van der Waals surface area contributed by atoms with Crippen molar-refractivity contribution in [2.24, 2.45) is 22.9 Å². The van der Waals surface area contributed by atoms with Crippen molar-refractivity contribution in [3.63, 3.8) is 0 Å². The number of carboxylic acids is 2. The summed E-state index contributed by atoms with van der Waals surface area (Å²) < 4.78 is 22.4. The summed E-state index contributed by atoms with van der Waals surface area (Å²) in [4.78, 5) is 52.0. The molecule has 2 aromatic rings. The Balaban J connectivity index is 0.000000234. The molecule has 26 heteroatoms. The molecule has 340 valence electrons. The van der Waals surface area contributed by atoms with Crippen LogP contribution < -0.4 is 111 Å². The molecule has 6 atom stereocenters. The Morgan fingerprint density at radius 3 is 1.34 bits per heavy atom. The van der Waals surface area contributed by atoms with Crippen LogP contribution in [0.1, 0.15) is 70.4 Å². The largest absolute Gasteiger partial charge is 1.00 e. The third kappa shape index (κ3) is 11.0. The molecular formula is C38H56B2N8Na2O14. The van der Waals surface area contributed by atoms with Gasteiger partial charge in [-0.25, -0.2) is 9.59 Å². The third-order valence-corrected chi connectivity index (χ3v) is 12.3. The van der Waals surface area contributed by atoms with E-state index in [4.69, 9.17) is 41.7 Å². The fraction of sp³-hybridized carbons (Fsp3) is 0.579. The quantitative estimate of drug-likeness (QED) is 0.0696. The van der Waals surface area contributed by atoms with E-state index in [9.17, 15) is 49.5 Å². The van der Waals surface area contributed by atoms with Crippen molar-refractivity contribution < 1.29 is 127 Å². The van der Waals surface area contributed by atoms with Gasteiger partial charge in [0.25, 0.3) is 0 Å². The molecule has 0 bridgehead atoms. The molecule has 64 heavy (non-hydrogen) atoms. The van der Waals surface area contributed by atoms with Crippen LogP contribution in [0.2, 0.25) is 11.6 Å². The first kappa shape index (κ1) is 52.2. The molecule has 0 unspecified atom stereocenters. The van der Waals surface area contributed by atoms with E-state index in [2.05, 4.69) is 10.6 Å². The number of hydrogen-bond donors (Lipinski definition) is 12. The van der Waals surface area contributed by atoms with Crippen LogP contribution in [0, 0.1) is 0 Å². The fourth-order valence-electron chi connectivity index (χ4n) is 8.89. The molecule has 0 spiro atoms. The van der Waals surface area contributed by atoms with Crippen LogP contribution in [0.15, 0.2) is 24.3 Å². The van der Waals surface area contributed by atoms with E-state index < -0.39 is 48.2 Å². The molecule has 8 rings (SSSR count). The fourth-order valence-corrected chi connectivity index (χ4v) is 8.89. The minimum absolute atomic E-state index is 0. The van der Waals surface area contributed by atoms with Crippen molar-refractivity contribution in [1.29, 1.82) is 0 Å². The number of benzene rings is 2. The molecule has 16 N–H and O–H groups in total. The first-order valence-electron chi connectivity index (χ1n) is 20.8. The topological polar surface area (TPSA) is 361 Å². The number of hydrogen-bond acceptors (Lipinski definition) is 18. The van der Waals surface area contributed by atoms with E-state index in [1.165, 1.54) is 0 Å². The monoisotopic (exact) mass is 916 g/mol. The maximum atomic E-state index is 12.1. The van der Waals surface area contributed by atoms with E-state index >= 15 is 0 Å². The molecule has 4 heterocycles.